The minimum Gasteiger partial charge on any atom is -0.331 e. The van der Waals surface area contributed by atoms with Gasteiger partial charge in [-0.1, -0.05) is 148 Å². The van der Waals surface area contributed by atoms with Crippen molar-refractivity contribution in [3.63, 3.8) is 0 Å². The Morgan fingerprint density at radius 2 is 0.788 bits per heavy atom. The summed E-state index contributed by atoms with van der Waals surface area (Å²) in [7, 11) is -0.928. The summed E-state index contributed by atoms with van der Waals surface area (Å²) in [5.74, 6) is 0. The fraction of sp³-hybridized carbons (Fsp3) is 0.800. The predicted octanol–water partition coefficient (Wildman–Crippen LogP) is 10.5. The van der Waals surface area contributed by atoms with Crippen LogP contribution in [0.1, 0.15) is 142 Å². The molecule has 0 radical (unpaired) electrons. The van der Waals surface area contributed by atoms with Crippen LogP contribution in [0.3, 0.4) is 0 Å². The molecule has 0 aromatic heterocycles. The van der Waals surface area contributed by atoms with E-state index in [-0.39, 0.29) is 0 Å². The smallest absolute Gasteiger partial charge is 0.205 e. The van der Waals surface area contributed by atoms with Crippen LogP contribution < -0.4 is 5.30 Å². The van der Waals surface area contributed by atoms with Gasteiger partial charge >= 0.3 is 0 Å². The summed E-state index contributed by atoms with van der Waals surface area (Å²) in [6.07, 6.45) is 27.2. The van der Waals surface area contributed by atoms with Gasteiger partial charge in [0.1, 0.15) is 0 Å². The Bertz CT molecular complexity index is 467. The maximum absolute atomic E-state index is 6.23. The van der Waals surface area contributed by atoms with Crippen molar-refractivity contribution in [1.82, 2.24) is 0 Å². The van der Waals surface area contributed by atoms with E-state index in [0.29, 0.717) is 0 Å². The standard InChI is InChI=1S/C30H55O2P/c1-3-5-7-9-11-13-15-17-19-24-28-31-33(30-26-22-21-23-27-30)32-29-25-20-18-16-14-12-10-8-6-4-2/h21-23,26-27H,3-20,24-25,28-29H2,1-2H3. The van der Waals surface area contributed by atoms with Gasteiger partial charge < -0.3 is 9.05 Å². The fourth-order valence-electron chi connectivity index (χ4n) is 4.21. The molecule has 192 valence electrons. The van der Waals surface area contributed by atoms with Crippen molar-refractivity contribution in [2.45, 2.75) is 142 Å². The summed E-state index contributed by atoms with van der Waals surface area (Å²) >= 11 is 0. The molecular formula is C30H55O2P. The van der Waals surface area contributed by atoms with E-state index in [9.17, 15) is 0 Å². The quantitative estimate of drug-likeness (QED) is 0.103. The molecule has 0 saturated carbocycles. The van der Waals surface area contributed by atoms with Crippen molar-refractivity contribution in [3.8, 4) is 0 Å². The molecule has 0 saturated heterocycles. The highest BCUT2D eigenvalue weighted by atomic mass is 31.2. The second-order valence-corrected chi connectivity index (χ2v) is 11.2. The van der Waals surface area contributed by atoms with Gasteiger partial charge in [-0.2, -0.15) is 0 Å². The van der Waals surface area contributed by atoms with Crippen LogP contribution in [0.2, 0.25) is 0 Å². The highest BCUT2D eigenvalue weighted by Gasteiger charge is 2.13. The number of benzene rings is 1. The average molecular weight is 479 g/mol. The Morgan fingerprint density at radius 1 is 0.455 bits per heavy atom. The number of rotatable bonds is 25. The van der Waals surface area contributed by atoms with E-state index in [1.807, 2.05) is 0 Å². The molecule has 0 N–H and O–H groups in total. The largest absolute Gasteiger partial charge is 0.331 e. The van der Waals surface area contributed by atoms with Crippen LogP contribution in [-0.2, 0) is 9.05 Å². The first kappa shape index (κ1) is 30.6. The number of unbranched alkanes of at least 4 members (excludes halogenated alkanes) is 18. The van der Waals surface area contributed by atoms with Gasteiger partial charge in [0.25, 0.3) is 0 Å². The summed E-state index contributed by atoms with van der Waals surface area (Å²) in [6.45, 7) is 6.23. The van der Waals surface area contributed by atoms with Gasteiger partial charge in [-0.25, -0.2) is 0 Å². The van der Waals surface area contributed by atoms with Crippen LogP contribution in [-0.4, -0.2) is 13.2 Å². The van der Waals surface area contributed by atoms with E-state index in [4.69, 9.17) is 9.05 Å². The molecule has 1 rings (SSSR count). The maximum atomic E-state index is 6.23. The van der Waals surface area contributed by atoms with Crippen molar-refractivity contribution >= 4 is 13.7 Å². The molecule has 0 spiro atoms. The molecule has 33 heavy (non-hydrogen) atoms. The molecule has 2 nitrogen and oxygen atoms in total. The molecule has 3 heteroatoms. The minimum atomic E-state index is -0.928. The lowest BCUT2D eigenvalue weighted by atomic mass is 10.1. The first-order valence-electron chi connectivity index (χ1n) is 14.5. The molecule has 0 atom stereocenters. The summed E-state index contributed by atoms with van der Waals surface area (Å²) in [5, 5.41) is 1.21. The van der Waals surface area contributed by atoms with E-state index >= 15 is 0 Å². The van der Waals surface area contributed by atoms with Gasteiger partial charge in [0.2, 0.25) is 8.38 Å². The van der Waals surface area contributed by atoms with E-state index in [1.165, 1.54) is 121 Å². The van der Waals surface area contributed by atoms with Crippen molar-refractivity contribution in [2.24, 2.45) is 0 Å². The second-order valence-electron chi connectivity index (χ2n) is 9.62. The molecule has 0 amide bonds. The third-order valence-corrected chi connectivity index (χ3v) is 7.93. The van der Waals surface area contributed by atoms with Crippen molar-refractivity contribution in [3.05, 3.63) is 30.3 Å². The zero-order valence-electron chi connectivity index (χ0n) is 22.2. The predicted molar refractivity (Wildman–Crippen MR) is 149 cm³/mol. The van der Waals surface area contributed by atoms with Gasteiger partial charge in [0.05, 0.1) is 13.2 Å². The van der Waals surface area contributed by atoms with Gasteiger partial charge in [-0.05, 0) is 25.0 Å². The maximum Gasteiger partial charge on any atom is 0.205 e. The molecule has 0 fully saturated rings. The van der Waals surface area contributed by atoms with E-state index in [0.717, 1.165) is 26.1 Å². The SMILES string of the molecule is CCCCCCCCCCCCOP(OCCCCCCCCCCCC)c1ccccc1. The van der Waals surface area contributed by atoms with E-state index in [2.05, 4.69) is 44.2 Å². The Labute approximate surface area is 208 Å². The highest BCUT2D eigenvalue weighted by Crippen LogP contribution is 2.37. The highest BCUT2D eigenvalue weighted by molar-refractivity contribution is 7.56. The monoisotopic (exact) mass is 478 g/mol. The molecular weight excluding hydrogens is 423 g/mol. The summed E-state index contributed by atoms with van der Waals surface area (Å²) in [6, 6.07) is 10.6. The molecule has 0 heterocycles. The normalized spacial score (nSPS) is 11.5. The van der Waals surface area contributed by atoms with Crippen molar-refractivity contribution < 1.29 is 9.05 Å². The lowest BCUT2D eigenvalue weighted by molar-refractivity contribution is 0.246. The topological polar surface area (TPSA) is 18.5 Å². The average Bonchev–Trinajstić information content (AvgIpc) is 2.85. The molecule has 1 aromatic rings. The summed E-state index contributed by atoms with van der Waals surface area (Å²) in [5.41, 5.74) is 0. The third-order valence-electron chi connectivity index (χ3n) is 6.38. The Hall–Kier alpha value is -0.430. The van der Waals surface area contributed by atoms with Crippen LogP contribution in [0, 0.1) is 0 Å². The molecule has 0 bridgehead atoms. The van der Waals surface area contributed by atoms with Crippen LogP contribution >= 0.6 is 8.38 Å². The van der Waals surface area contributed by atoms with Crippen LogP contribution in [0.5, 0.6) is 0 Å². The zero-order chi connectivity index (χ0) is 23.7. The third kappa shape index (κ3) is 19.6. The zero-order valence-corrected chi connectivity index (χ0v) is 23.1. The van der Waals surface area contributed by atoms with E-state index in [1.54, 1.807) is 0 Å². The van der Waals surface area contributed by atoms with Gasteiger partial charge in [-0.15, -0.1) is 0 Å². The van der Waals surface area contributed by atoms with Crippen molar-refractivity contribution in [2.75, 3.05) is 13.2 Å². The molecule has 1 aromatic carbocycles. The van der Waals surface area contributed by atoms with Crippen LogP contribution in [0.25, 0.3) is 0 Å². The van der Waals surface area contributed by atoms with Crippen molar-refractivity contribution in [1.29, 1.82) is 0 Å². The number of hydrogen-bond acceptors (Lipinski definition) is 2. The lowest BCUT2D eigenvalue weighted by Gasteiger charge is -2.18. The second kappa shape index (κ2) is 24.7. The Balaban J connectivity index is 2.07. The van der Waals surface area contributed by atoms with Gasteiger partial charge in [0, 0.05) is 5.30 Å². The first-order chi connectivity index (χ1) is 16.4. The Kier molecular flexibility index (Phi) is 22.9. The minimum absolute atomic E-state index is 0.829. The lowest BCUT2D eigenvalue weighted by Crippen LogP contribution is -2.07. The van der Waals surface area contributed by atoms with Gasteiger partial charge in [-0.3, -0.25) is 0 Å². The fourth-order valence-corrected chi connectivity index (χ4v) is 5.59. The Morgan fingerprint density at radius 3 is 1.15 bits per heavy atom. The molecule has 0 aliphatic heterocycles. The van der Waals surface area contributed by atoms with Gasteiger partial charge in [0.15, 0.2) is 0 Å². The van der Waals surface area contributed by atoms with E-state index < -0.39 is 8.38 Å². The summed E-state index contributed by atoms with van der Waals surface area (Å²) < 4.78 is 12.5. The van der Waals surface area contributed by atoms with Crippen LogP contribution in [0.15, 0.2) is 30.3 Å². The number of hydrogen-bond donors (Lipinski definition) is 0. The summed E-state index contributed by atoms with van der Waals surface area (Å²) in [4.78, 5) is 0. The van der Waals surface area contributed by atoms with Crippen LogP contribution in [0.4, 0.5) is 0 Å². The molecule has 0 aliphatic carbocycles. The molecule has 0 aliphatic rings. The first-order valence-corrected chi connectivity index (χ1v) is 15.7. The molecule has 0 unspecified atom stereocenters.